The monoisotopic (exact) mass is 487 g/mol. The summed E-state index contributed by atoms with van der Waals surface area (Å²) >= 11 is 5.57. The lowest BCUT2D eigenvalue weighted by atomic mass is 10.1. The summed E-state index contributed by atoms with van der Waals surface area (Å²) in [7, 11) is 3.13. The van der Waals surface area contributed by atoms with Crippen LogP contribution >= 0.6 is 12.2 Å². The van der Waals surface area contributed by atoms with Crippen LogP contribution in [0.25, 0.3) is 0 Å². The zero-order valence-electron chi connectivity index (χ0n) is 19.5. The third-order valence-corrected chi connectivity index (χ3v) is 6.40. The summed E-state index contributed by atoms with van der Waals surface area (Å²) in [6.07, 6.45) is 2.10. The fourth-order valence-corrected chi connectivity index (χ4v) is 4.28. The van der Waals surface area contributed by atoms with Crippen molar-refractivity contribution in [2.45, 2.75) is 18.9 Å². The summed E-state index contributed by atoms with van der Waals surface area (Å²) in [5.74, 6) is 1.29. The summed E-state index contributed by atoms with van der Waals surface area (Å²) in [6.45, 7) is 2.89. The molecule has 4 rings (SSSR count). The Kier molecular flexibility index (Phi) is 7.84. The van der Waals surface area contributed by atoms with Crippen LogP contribution in [0.5, 0.6) is 11.5 Å². The second kappa shape index (κ2) is 11.0. The van der Waals surface area contributed by atoms with Crippen LogP contribution in [0, 0.1) is 11.7 Å². The Morgan fingerprint density at radius 3 is 2.56 bits per heavy atom. The van der Waals surface area contributed by atoms with Crippen molar-refractivity contribution in [3.8, 4) is 11.5 Å². The zero-order chi connectivity index (χ0) is 24.1. The van der Waals surface area contributed by atoms with Crippen molar-refractivity contribution < 1.29 is 23.4 Å². The molecular weight excluding hydrogens is 457 g/mol. The van der Waals surface area contributed by atoms with Crippen LogP contribution in [0.4, 0.5) is 10.1 Å². The third kappa shape index (κ3) is 6.15. The number of thiocarbonyl (C=S) groups is 1. The van der Waals surface area contributed by atoms with Crippen molar-refractivity contribution in [2.24, 2.45) is 5.92 Å². The highest BCUT2D eigenvalue weighted by molar-refractivity contribution is 7.80. The molecule has 182 valence electrons. The number of hydrogen-bond acceptors (Lipinski definition) is 5. The summed E-state index contributed by atoms with van der Waals surface area (Å²) < 4.78 is 29.9. The third-order valence-electron chi connectivity index (χ3n) is 6.04. The van der Waals surface area contributed by atoms with Gasteiger partial charge in [-0.05, 0) is 73.4 Å². The van der Waals surface area contributed by atoms with Gasteiger partial charge in [-0.1, -0.05) is 0 Å². The van der Waals surface area contributed by atoms with Crippen molar-refractivity contribution in [2.75, 3.05) is 52.3 Å². The normalized spacial score (nSPS) is 17.7. The molecule has 0 spiro atoms. The van der Waals surface area contributed by atoms with Gasteiger partial charge < -0.3 is 29.3 Å². The van der Waals surface area contributed by atoms with Gasteiger partial charge in [-0.2, -0.15) is 0 Å². The van der Waals surface area contributed by atoms with Gasteiger partial charge in [0.15, 0.2) is 16.6 Å². The Balaban J connectivity index is 1.42. The van der Waals surface area contributed by atoms with Crippen molar-refractivity contribution in [3.63, 3.8) is 0 Å². The molecule has 7 nitrogen and oxygen atoms in total. The number of nitrogens with zero attached hydrogens (tertiary/aromatic N) is 2. The number of rotatable bonds is 8. The van der Waals surface area contributed by atoms with Crippen LogP contribution in [-0.4, -0.2) is 73.9 Å². The molecule has 1 aliphatic heterocycles. The Hall–Kier alpha value is -2.91. The quantitative estimate of drug-likeness (QED) is 0.569. The molecule has 2 aliphatic rings. The highest BCUT2D eigenvalue weighted by Gasteiger charge is 2.31. The van der Waals surface area contributed by atoms with E-state index in [1.165, 1.54) is 12.1 Å². The lowest BCUT2D eigenvalue weighted by Crippen LogP contribution is -2.51. The zero-order valence-corrected chi connectivity index (χ0v) is 20.3. The molecule has 0 aromatic heterocycles. The molecule has 1 atom stereocenters. The second-order valence-corrected chi connectivity index (χ2v) is 8.99. The minimum Gasteiger partial charge on any atom is -0.493 e. The Morgan fingerprint density at radius 2 is 1.88 bits per heavy atom. The molecule has 0 radical (unpaired) electrons. The van der Waals surface area contributed by atoms with E-state index in [1.807, 2.05) is 9.80 Å². The number of amides is 1. The standard InChI is InChI=1S/C25H30FN3O4S/c1-31-22-10-5-18(13-23(22)32-2)24(30)29(14-17-3-4-17)16-21-15-28(11-12-33-21)25(34)27-20-8-6-19(26)7-9-20/h5-10,13,17,21H,3-4,11-12,14-16H2,1-2H3,(H,27,34)/t21-/m0/s1. The molecule has 1 saturated heterocycles. The molecule has 1 aliphatic carbocycles. The SMILES string of the molecule is COc1ccc(C(=O)N(CC2CC2)C[C@@H]2CN(C(=S)Nc3ccc(F)cc3)CCO2)cc1OC. The average molecular weight is 488 g/mol. The number of hydrogen-bond donors (Lipinski definition) is 1. The maximum atomic E-state index is 13.4. The maximum Gasteiger partial charge on any atom is 0.254 e. The topological polar surface area (TPSA) is 63.3 Å². The largest absolute Gasteiger partial charge is 0.493 e. The number of carbonyl (C=O) groups excluding carboxylic acids is 1. The van der Waals surface area contributed by atoms with Crippen LogP contribution in [0.3, 0.4) is 0 Å². The van der Waals surface area contributed by atoms with E-state index in [4.69, 9.17) is 26.4 Å². The number of ether oxygens (including phenoxy) is 3. The summed E-state index contributed by atoms with van der Waals surface area (Å²) in [6, 6.07) is 11.3. The predicted molar refractivity (Wildman–Crippen MR) is 132 cm³/mol. The van der Waals surface area contributed by atoms with Crippen LogP contribution in [0.2, 0.25) is 0 Å². The minimum atomic E-state index is -0.294. The fraction of sp³-hybridized carbons (Fsp3) is 0.440. The van der Waals surface area contributed by atoms with E-state index in [-0.39, 0.29) is 17.8 Å². The summed E-state index contributed by atoms with van der Waals surface area (Å²) in [5.41, 5.74) is 1.29. The van der Waals surface area contributed by atoms with E-state index in [0.29, 0.717) is 60.9 Å². The maximum absolute atomic E-state index is 13.4. The summed E-state index contributed by atoms with van der Waals surface area (Å²) in [5, 5.41) is 3.71. The molecule has 2 fully saturated rings. The highest BCUT2D eigenvalue weighted by Crippen LogP contribution is 2.32. The first-order valence-electron chi connectivity index (χ1n) is 11.4. The molecule has 2 aromatic rings. The van der Waals surface area contributed by atoms with E-state index in [1.54, 1.807) is 44.6 Å². The first-order chi connectivity index (χ1) is 16.5. The molecule has 1 heterocycles. The number of anilines is 1. The number of benzene rings is 2. The molecule has 0 bridgehead atoms. The average Bonchev–Trinajstić information content (AvgIpc) is 3.68. The van der Waals surface area contributed by atoms with Crippen LogP contribution in [0.1, 0.15) is 23.2 Å². The molecule has 2 aromatic carbocycles. The van der Waals surface area contributed by atoms with Gasteiger partial charge in [0.25, 0.3) is 5.91 Å². The molecule has 34 heavy (non-hydrogen) atoms. The Morgan fingerprint density at radius 1 is 1.15 bits per heavy atom. The molecule has 1 N–H and O–H groups in total. The van der Waals surface area contributed by atoms with Gasteiger partial charge in [0.1, 0.15) is 5.82 Å². The smallest absolute Gasteiger partial charge is 0.254 e. The van der Waals surface area contributed by atoms with Crippen molar-refractivity contribution in [3.05, 3.63) is 53.8 Å². The van der Waals surface area contributed by atoms with Gasteiger partial charge >= 0.3 is 0 Å². The van der Waals surface area contributed by atoms with E-state index in [9.17, 15) is 9.18 Å². The lowest BCUT2D eigenvalue weighted by Gasteiger charge is -2.37. The van der Waals surface area contributed by atoms with Gasteiger partial charge in [-0.15, -0.1) is 0 Å². The predicted octanol–water partition coefficient (Wildman–Crippen LogP) is 3.79. The van der Waals surface area contributed by atoms with Gasteiger partial charge in [-0.3, -0.25) is 4.79 Å². The number of carbonyl (C=O) groups is 1. The van der Waals surface area contributed by atoms with E-state index in [0.717, 1.165) is 18.5 Å². The van der Waals surface area contributed by atoms with Crippen molar-refractivity contribution in [1.29, 1.82) is 0 Å². The first-order valence-corrected chi connectivity index (χ1v) is 11.8. The molecule has 0 unspecified atom stereocenters. The fourth-order valence-electron chi connectivity index (χ4n) is 4.00. The van der Waals surface area contributed by atoms with Gasteiger partial charge in [0.2, 0.25) is 0 Å². The first kappa shape index (κ1) is 24.2. The van der Waals surface area contributed by atoms with E-state index < -0.39 is 0 Å². The number of halogens is 1. The number of methoxy groups -OCH3 is 2. The number of nitrogens with one attached hydrogen (secondary N) is 1. The Bertz CT molecular complexity index is 1020. The second-order valence-electron chi connectivity index (χ2n) is 8.60. The van der Waals surface area contributed by atoms with Crippen molar-refractivity contribution >= 4 is 28.9 Å². The molecule has 1 amide bonds. The van der Waals surface area contributed by atoms with Crippen LogP contribution in [-0.2, 0) is 4.74 Å². The Labute approximate surface area is 204 Å². The highest BCUT2D eigenvalue weighted by atomic mass is 32.1. The number of morpholine rings is 1. The van der Waals surface area contributed by atoms with Crippen molar-refractivity contribution in [1.82, 2.24) is 9.80 Å². The van der Waals surface area contributed by atoms with Crippen LogP contribution < -0.4 is 14.8 Å². The summed E-state index contributed by atoms with van der Waals surface area (Å²) in [4.78, 5) is 17.3. The molecule has 9 heteroatoms. The van der Waals surface area contributed by atoms with E-state index >= 15 is 0 Å². The van der Waals surface area contributed by atoms with Gasteiger partial charge in [0.05, 0.1) is 26.9 Å². The van der Waals surface area contributed by atoms with E-state index in [2.05, 4.69) is 5.32 Å². The van der Waals surface area contributed by atoms with Gasteiger partial charge in [-0.25, -0.2) is 4.39 Å². The molecular formula is C25H30FN3O4S. The molecule has 1 saturated carbocycles. The van der Waals surface area contributed by atoms with Gasteiger partial charge in [0, 0.05) is 37.4 Å². The minimum absolute atomic E-state index is 0.0550. The lowest BCUT2D eigenvalue weighted by molar-refractivity contribution is -0.0209. The van der Waals surface area contributed by atoms with Crippen LogP contribution in [0.15, 0.2) is 42.5 Å².